The van der Waals surface area contributed by atoms with Crippen molar-refractivity contribution in [2.75, 3.05) is 11.1 Å². The summed E-state index contributed by atoms with van der Waals surface area (Å²) in [5, 5.41) is 6.65. The summed E-state index contributed by atoms with van der Waals surface area (Å²) in [5.41, 5.74) is 9.42. The van der Waals surface area contributed by atoms with E-state index in [1.54, 1.807) is 11.6 Å². The number of nitrogens with one attached hydrogen (secondary N) is 1. The molecule has 0 aliphatic rings. The maximum Gasteiger partial charge on any atom is 0.258 e. The zero-order valence-electron chi connectivity index (χ0n) is 18.1. The van der Waals surface area contributed by atoms with Crippen LogP contribution in [0, 0.1) is 6.92 Å². The van der Waals surface area contributed by atoms with Gasteiger partial charge in [-0.15, -0.1) is 11.3 Å². The van der Waals surface area contributed by atoms with Crippen molar-refractivity contribution in [1.29, 1.82) is 0 Å². The van der Waals surface area contributed by atoms with Gasteiger partial charge in [-0.1, -0.05) is 30.3 Å². The summed E-state index contributed by atoms with van der Waals surface area (Å²) in [6.45, 7) is 3.93. The fraction of sp³-hybridized carbons (Fsp3) is 0.120. The standard InChI is InChI=1S/C25H21N5O2S/c1-14-8-9-17-18(10-11-27-21(17)15(2)32-16-6-4-3-5-7-16)20(14)30-25(31)19-12-33-23-22(19)28-13-29-24(23)26/h3-13,15H,1-2H3,(H,30,31)(H2,26,28,29). The molecule has 0 aliphatic heterocycles. The fourth-order valence-corrected chi connectivity index (χ4v) is 4.75. The monoisotopic (exact) mass is 455 g/mol. The molecule has 0 fully saturated rings. The van der Waals surface area contributed by atoms with E-state index < -0.39 is 0 Å². The first-order valence-corrected chi connectivity index (χ1v) is 11.3. The second kappa shape index (κ2) is 8.48. The topological polar surface area (TPSA) is 103 Å². The van der Waals surface area contributed by atoms with E-state index in [4.69, 9.17) is 10.5 Å². The number of pyridine rings is 1. The molecule has 7 nitrogen and oxygen atoms in total. The predicted molar refractivity (Wildman–Crippen MR) is 132 cm³/mol. The lowest BCUT2D eigenvalue weighted by Crippen LogP contribution is -2.13. The summed E-state index contributed by atoms with van der Waals surface area (Å²) in [7, 11) is 0. The Labute approximate surface area is 194 Å². The molecule has 0 spiro atoms. The van der Waals surface area contributed by atoms with Gasteiger partial charge in [-0.2, -0.15) is 0 Å². The summed E-state index contributed by atoms with van der Waals surface area (Å²) in [4.78, 5) is 26.1. The van der Waals surface area contributed by atoms with Crippen LogP contribution in [0.3, 0.4) is 0 Å². The number of nitrogens with two attached hydrogens (primary N) is 1. The van der Waals surface area contributed by atoms with Crippen LogP contribution in [0.2, 0.25) is 0 Å². The van der Waals surface area contributed by atoms with Crippen LogP contribution in [0.4, 0.5) is 11.5 Å². The fourth-order valence-electron chi connectivity index (χ4n) is 3.85. The van der Waals surface area contributed by atoms with Gasteiger partial charge >= 0.3 is 0 Å². The molecule has 0 bridgehead atoms. The second-order valence-corrected chi connectivity index (χ2v) is 8.54. The van der Waals surface area contributed by atoms with Crippen molar-refractivity contribution in [2.24, 2.45) is 0 Å². The average Bonchev–Trinajstić information content (AvgIpc) is 3.27. The number of hydrogen-bond donors (Lipinski definition) is 2. The summed E-state index contributed by atoms with van der Waals surface area (Å²) in [6, 6.07) is 15.5. The zero-order chi connectivity index (χ0) is 22.9. The maximum atomic E-state index is 13.2. The summed E-state index contributed by atoms with van der Waals surface area (Å²) < 4.78 is 6.81. The number of nitrogen functional groups attached to an aromatic ring is 1. The van der Waals surface area contributed by atoms with Crippen LogP contribution in [0.1, 0.15) is 34.6 Å². The molecule has 3 aromatic heterocycles. The molecule has 0 saturated carbocycles. The minimum atomic E-state index is -0.275. The van der Waals surface area contributed by atoms with Gasteiger partial charge in [-0.3, -0.25) is 9.78 Å². The van der Waals surface area contributed by atoms with Crippen LogP contribution in [0.5, 0.6) is 5.75 Å². The van der Waals surface area contributed by atoms with Gasteiger partial charge in [-0.25, -0.2) is 9.97 Å². The molecule has 1 unspecified atom stereocenters. The Kier molecular flexibility index (Phi) is 5.35. The number of rotatable bonds is 5. The van der Waals surface area contributed by atoms with E-state index in [9.17, 15) is 4.79 Å². The molecule has 5 rings (SSSR count). The van der Waals surface area contributed by atoms with Crippen molar-refractivity contribution < 1.29 is 9.53 Å². The molecule has 33 heavy (non-hydrogen) atoms. The number of carbonyl (C=O) groups excluding carboxylic acids is 1. The van der Waals surface area contributed by atoms with Crippen molar-refractivity contribution in [1.82, 2.24) is 15.0 Å². The average molecular weight is 456 g/mol. The SMILES string of the molecule is Cc1ccc2c(C(C)Oc3ccccc3)nccc2c1NC(=O)c1csc2c(N)ncnc12. The van der Waals surface area contributed by atoms with Crippen molar-refractivity contribution in [3.63, 3.8) is 0 Å². The van der Waals surface area contributed by atoms with E-state index in [0.717, 1.165) is 33.5 Å². The first kappa shape index (κ1) is 20.8. The number of para-hydroxylation sites is 1. The summed E-state index contributed by atoms with van der Waals surface area (Å²) >= 11 is 1.36. The van der Waals surface area contributed by atoms with Gasteiger partial charge in [0.25, 0.3) is 5.91 Å². The maximum absolute atomic E-state index is 13.2. The Hall–Kier alpha value is -4.04. The highest BCUT2D eigenvalue weighted by Gasteiger charge is 2.19. The first-order valence-electron chi connectivity index (χ1n) is 10.4. The van der Waals surface area contributed by atoms with E-state index in [0.29, 0.717) is 21.6 Å². The molecular formula is C25H21N5O2S. The number of aryl methyl sites for hydroxylation is 1. The van der Waals surface area contributed by atoms with Crippen LogP contribution in [-0.2, 0) is 0 Å². The molecule has 3 heterocycles. The van der Waals surface area contributed by atoms with E-state index in [1.807, 2.05) is 62.4 Å². The van der Waals surface area contributed by atoms with Crippen LogP contribution in [-0.4, -0.2) is 20.9 Å². The third-order valence-corrected chi connectivity index (χ3v) is 6.48. The minimum Gasteiger partial charge on any atom is -0.484 e. The highest BCUT2D eigenvalue weighted by atomic mass is 32.1. The highest BCUT2D eigenvalue weighted by molar-refractivity contribution is 7.18. The molecule has 5 aromatic rings. The van der Waals surface area contributed by atoms with Crippen molar-refractivity contribution in [3.8, 4) is 5.75 Å². The third-order valence-electron chi connectivity index (χ3n) is 5.49. The number of amides is 1. The van der Waals surface area contributed by atoms with Crippen LogP contribution < -0.4 is 15.8 Å². The Morgan fingerprint density at radius 1 is 1.06 bits per heavy atom. The number of carbonyl (C=O) groups is 1. The van der Waals surface area contributed by atoms with Crippen LogP contribution in [0.25, 0.3) is 21.0 Å². The van der Waals surface area contributed by atoms with E-state index in [2.05, 4.69) is 20.3 Å². The molecule has 0 saturated heterocycles. The normalized spacial score (nSPS) is 12.1. The van der Waals surface area contributed by atoms with E-state index >= 15 is 0 Å². The quantitative estimate of drug-likeness (QED) is 0.362. The lowest BCUT2D eigenvalue weighted by molar-refractivity contribution is 0.102. The summed E-state index contributed by atoms with van der Waals surface area (Å²) in [6.07, 6.45) is 2.84. The molecule has 2 aromatic carbocycles. The third kappa shape index (κ3) is 3.85. The molecule has 164 valence electrons. The largest absolute Gasteiger partial charge is 0.484 e. The molecule has 8 heteroatoms. The Bertz CT molecular complexity index is 1480. The van der Waals surface area contributed by atoms with Gasteiger partial charge in [0.2, 0.25) is 0 Å². The van der Waals surface area contributed by atoms with Gasteiger partial charge in [-0.05, 0) is 37.6 Å². The van der Waals surface area contributed by atoms with Gasteiger partial charge in [0.1, 0.15) is 24.0 Å². The Balaban J connectivity index is 1.52. The highest BCUT2D eigenvalue weighted by Crippen LogP contribution is 2.34. The number of hydrogen-bond acceptors (Lipinski definition) is 7. The summed E-state index contributed by atoms with van der Waals surface area (Å²) in [5.74, 6) is 0.894. The Morgan fingerprint density at radius 2 is 1.88 bits per heavy atom. The first-order chi connectivity index (χ1) is 16.0. The minimum absolute atomic E-state index is 0.248. The van der Waals surface area contributed by atoms with Gasteiger partial charge < -0.3 is 15.8 Å². The number of nitrogens with zero attached hydrogens (tertiary/aromatic N) is 3. The number of aromatic nitrogens is 3. The van der Waals surface area contributed by atoms with E-state index in [-0.39, 0.29) is 12.0 Å². The molecule has 0 aliphatic carbocycles. The second-order valence-electron chi connectivity index (χ2n) is 7.66. The van der Waals surface area contributed by atoms with Crippen molar-refractivity contribution >= 4 is 49.7 Å². The Morgan fingerprint density at radius 3 is 2.70 bits per heavy atom. The van der Waals surface area contributed by atoms with Crippen LogP contribution >= 0.6 is 11.3 Å². The number of benzene rings is 2. The van der Waals surface area contributed by atoms with Gasteiger partial charge in [0.05, 0.1) is 27.2 Å². The van der Waals surface area contributed by atoms with Gasteiger partial charge in [0.15, 0.2) is 0 Å². The number of fused-ring (bicyclic) bond motifs is 2. The van der Waals surface area contributed by atoms with Crippen LogP contribution in [0.15, 0.2) is 66.4 Å². The molecule has 1 amide bonds. The molecule has 0 radical (unpaired) electrons. The lowest BCUT2D eigenvalue weighted by atomic mass is 10.0. The van der Waals surface area contributed by atoms with E-state index in [1.165, 1.54) is 17.7 Å². The predicted octanol–water partition coefficient (Wildman–Crippen LogP) is 5.52. The number of ether oxygens (including phenoxy) is 1. The van der Waals surface area contributed by atoms with Crippen molar-refractivity contribution in [2.45, 2.75) is 20.0 Å². The molecule has 3 N–H and O–H groups in total. The van der Waals surface area contributed by atoms with Crippen molar-refractivity contribution in [3.05, 3.63) is 83.3 Å². The molecule has 1 atom stereocenters. The smallest absolute Gasteiger partial charge is 0.258 e. The zero-order valence-corrected chi connectivity index (χ0v) is 18.9. The molecular weight excluding hydrogens is 434 g/mol. The lowest BCUT2D eigenvalue weighted by Gasteiger charge is -2.18. The number of anilines is 2. The number of thiophene rings is 1. The van der Waals surface area contributed by atoms with Gasteiger partial charge in [0, 0.05) is 22.3 Å².